The van der Waals surface area contributed by atoms with Crippen LogP contribution in [0.1, 0.15) is 0 Å². The minimum atomic E-state index is -0.101. The minimum Gasteiger partial charge on any atom is -0.267 e. The van der Waals surface area contributed by atoms with Gasteiger partial charge in [-0.15, -0.1) is 0 Å². The van der Waals surface area contributed by atoms with E-state index in [-0.39, 0.29) is 5.56 Å². The highest BCUT2D eigenvalue weighted by atomic mass is 32.1. The molecular weight excluding hydrogens is 160 g/mol. The van der Waals surface area contributed by atoms with Gasteiger partial charge in [0, 0.05) is 0 Å². The summed E-state index contributed by atoms with van der Waals surface area (Å²) in [5.41, 5.74) is 0.705. The molecule has 2 aromatic rings. The van der Waals surface area contributed by atoms with Crippen molar-refractivity contribution in [2.24, 2.45) is 0 Å². The van der Waals surface area contributed by atoms with E-state index in [1.807, 2.05) is 18.2 Å². The van der Waals surface area contributed by atoms with E-state index in [0.717, 1.165) is 5.52 Å². The van der Waals surface area contributed by atoms with Gasteiger partial charge in [0.15, 0.2) is 0 Å². The van der Waals surface area contributed by atoms with Gasteiger partial charge in [-0.25, -0.2) is 4.09 Å². The molecule has 0 spiro atoms. The number of hydrogen-bond donors (Lipinski definition) is 2. The molecule has 3 nitrogen and oxygen atoms in total. The molecule has 11 heavy (non-hydrogen) atoms. The highest BCUT2D eigenvalue weighted by Crippen LogP contribution is 2.08. The maximum absolute atomic E-state index is 11.1. The Hall–Kier alpha value is -1.16. The highest BCUT2D eigenvalue weighted by Gasteiger charge is 2.00. The lowest BCUT2D eigenvalue weighted by Crippen LogP contribution is -1.98. The number of H-pyrrole nitrogens is 1. The van der Waals surface area contributed by atoms with Crippen LogP contribution in [0.3, 0.4) is 0 Å². The number of benzene rings is 1. The normalized spacial score (nSPS) is 10.6. The van der Waals surface area contributed by atoms with Gasteiger partial charge in [0.05, 0.1) is 10.9 Å². The van der Waals surface area contributed by atoms with Gasteiger partial charge < -0.3 is 0 Å². The largest absolute Gasteiger partial charge is 0.272 e. The summed E-state index contributed by atoms with van der Waals surface area (Å²) in [6.07, 6.45) is 0. The first kappa shape index (κ1) is 6.54. The monoisotopic (exact) mass is 166 g/mol. The first-order chi connectivity index (χ1) is 5.29. The van der Waals surface area contributed by atoms with Crippen LogP contribution in [0.25, 0.3) is 10.9 Å². The lowest BCUT2D eigenvalue weighted by molar-refractivity contribution is 1.02. The fourth-order valence-electron chi connectivity index (χ4n) is 1.07. The Balaban J connectivity index is 3.07. The predicted octanol–water partition coefficient (Wildman–Crippen LogP) is 1.02. The van der Waals surface area contributed by atoms with Crippen molar-refractivity contribution in [2.75, 3.05) is 0 Å². The van der Waals surface area contributed by atoms with E-state index in [2.05, 4.69) is 17.9 Å². The van der Waals surface area contributed by atoms with Crippen LogP contribution in [0.15, 0.2) is 29.1 Å². The molecule has 0 fully saturated rings. The van der Waals surface area contributed by atoms with E-state index < -0.39 is 0 Å². The van der Waals surface area contributed by atoms with Crippen LogP contribution in [-0.2, 0) is 0 Å². The third-order valence-electron chi connectivity index (χ3n) is 1.58. The molecule has 0 radical (unpaired) electrons. The molecule has 0 aliphatic carbocycles. The summed E-state index contributed by atoms with van der Waals surface area (Å²) in [5, 5.41) is 3.21. The average molecular weight is 166 g/mol. The smallest absolute Gasteiger partial charge is 0.267 e. The zero-order valence-corrected chi connectivity index (χ0v) is 6.51. The van der Waals surface area contributed by atoms with Gasteiger partial charge in [-0.1, -0.05) is 12.1 Å². The molecule has 2 rings (SSSR count). The fourth-order valence-corrected chi connectivity index (χ4v) is 1.33. The van der Waals surface area contributed by atoms with Crippen LogP contribution in [0.4, 0.5) is 0 Å². The molecule has 0 aliphatic heterocycles. The Morgan fingerprint density at radius 3 is 2.82 bits per heavy atom. The molecule has 0 saturated carbocycles. The number of nitrogens with one attached hydrogen (secondary N) is 1. The van der Waals surface area contributed by atoms with Gasteiger partial charge in [0.1, 0.15) is 0 Å². The molecule has 0 amide bonds. The van der Waals surface area contributed by atoms with E-state index in [4.69, 9.17) is 0 Å². The van der Waals surface area contributed by atoms with Crippen LogP contribution in [-0.4, -0.2) is 9.19 Å². The Bertz CT molecular complexity index is 443. The number of fused-ring (bicyclic) bond motifs is 1. The third-order valence-corrected chi connectivity index (χ3v) is 1.90. The Morgan fingerprint density at radius 1 is 1.36 bits per heavy atom. The fraction of sp³-hybridized carbons (Fsp3) is 0. The Kier molecular flexibility index (Phi) is 1.29. The summed E-state index contributed by atoms with van der Waals surface area (Å²) in [7, 11) is 0. The SMILES string of the molecule is O=c1[nH]n(S)c2ccccc12. The van der Waals surface area contributed by atoms with Gasteiger partial charge in [-0.05, 0) is 24.9 Å². The molecule has 1 aromatic carbocycles. The predicted molar refractivity (Wildman–Crippen MR) is 46.9 cm³/mol. The van der Waals surface area contributed by atoms with E-state index in [1.165, 1.54) is 4.09 Å². The zero-order chi connectivity index (χ0) is 7.84. The summed E-state index contributed by atoms with van der Waals surface area (Å²) in [6.45, 7) is 0. The second-order valence-corrected chi connectivity index (χ2v) is 2.67. The van der Waals surface area contributed by atoms with Gasteiger partial charge in [-0.2, -0.15) is 0 Å². The number of aromatic amines is 1. The van der Waals surface area contributed by atoms with Crippen LogP contribution in [0.5, 0.6) is 0 Å². The van der Waals surface area contributed by atoms with Crippen LogP contribution >= 0.6 is 12.8 Å². The van der Waals surface area contributed by atoms with Crippen LogP contribution in [0.2, 0.25) is 0 Å². The summed E-state index contributed by atoms with van der Waals surface area (Å²) in [5.74, 6) is 0. The van der Waals surface area contributed by atoms with Gasteiger partial charge in [0.25, 0.3) is 5.56 Å². The van der Waals surface area contributed by atoms with Gasteiger partial charge in [-0.3, -0.25) is 9.89 Å². The molecule has 0 unspecified atom stereocenters. The molecule has 1 heterocycles. The zero-order valence-electron chi connectivity index (χ0n) is 5.61. The molecule has 0 atom stereocenters. The molecular formula is C7H6N2OS. The van der Waals surface area contributed by atoms with Crippen molar-refractivity contribution >= 4 is 23.7 Å². The van der Waals surface area contributed by atoms with E-state index in [0.29, 0.717) is 5.39 Å². The molecule has 56 valence electrons. The number of rotatable bonds is 0. The lowest BCUT2D eigenvalue weighted by atomic mass is 10.3. The van der Waals surface area contributed by atoms with E-state index in [9.17, 15) is 4.79 Å². The number of aromatic nitrogens is 2. The molecule has 1 aromatic heterocycles. The average Bonchev–Trinajstić information content (AvgIpc) is 2.30. The molecule has 0 aliphatic rings. The molecule has 4 heteroatoms. The lowest BCUT2D eigenvalue weighted by Gasteiger charge is -1.89. The minimum absolute atomic E-state index is 0.101. The van der Waals surface area contributed by atoms with Crippen LogP contribution in [0, 0.1) is 0 Å². The number of nitrogens with zero attached hydrogens (tertiary/aromatic N) is 1. The summed E-state index contributed by atoms with van der Waals surface area (Å²) < 4.78 is 1.41. The van der Waals surface area contributed by atoms with Crippen LogP contribution < -0.4 is 5.56 Å². The van der Waals surface area contributed by atoms with Crippen molar-refractivity contribution in [1.82, 2.24) is 9.19 Å². The van der Waals surface area contributed by atoms with Gasteiger partial charge in [0.2, 0.25) is 0 Å². The Labute approximate surface area is 68.2 Å². The van der Waals surface area contributed by atoms with E-state index >= 15 is 0 Å². The summed E-state index contributed by atoms with van der Waals surface area (Å²) in [4.78, 5) is 11.1. The molecule has 0 bridgehead atoms. The first-order valence-corrected chi connectivity index (χ1v) is 3.58. The number of para-hydroxylation sites is 1. The Morgan fingerprint density at radius 2 is 2.09 bits per heavy atom. The second-order valence-electron chi connectivity index (χ2n) is 2.27. The van der Waals surface area contributed by atoms with Crippen molar-refractivity contribution in [2.45, 2.75) is 0 Å². The van der Waals surface area contributed by atoms with Crippen molar-refractivity contribution in [3.63, 3.8) is 0 Å². The maximum Gasteiger partial charge on any atom is 0.272 e. The third kappa shape index (κ3) is 0.867. The highest BCUT2D eigenvalue weighted by molar-refractivity contribution is 7.78. The first-order valence-electron chi connectivity index (χ1n) is 3.18. The van der Waals surface area contributed by atoms with Crippen molar-refractivity contribution < 1.29 is 0 Å². The summed E-state index contributed by atoms with van der Waals surface area (Å²) in [6, 6.07) is 7.29. The maximum atomic E-state index is 11.1. The summed E-state index contributed by atoms with van der Waals surface area (Å²) >= 11 is 4.03. The standard InChI is InChI=1S/C7H6N2OS/c10-7-5-3-1-2-4-6(5)9(11)8-7/h1-4,11H,(H,8,10). The molecule has 0 saturated heterocycles. The number of thiol groups is 1. The molecule has 1 N–H and O–H groups in total. The van der Waals surface area contributed by atoms with Crippen molar-refractivity contribution in [3.05, 3.63) is 34.6 Å². The van der Waals surface area contributed by atoms with E-state index in [1.54, 1.807) is 6.07 Å². The van der Waals surface area contributed by atoms with Crippen molar-refractivity contribution in [1.29, 1.82) is 0 Å². The second kappa shape index (κ2) is 2.17. The topological polar surface area (TPSA) is 37.8 Å². The number of hydrogen-bond acceptors (Lipinski definition) is 2. The van der Waals surface area contributed by atoms with Gasteiger partial charge >= 0.3 is 0 Å². The quantitative estimate of drug-likeness (QED) is 0.563. The van der Waals surface area contributed by atoms with Crippen molar-refractivity contribution in [3.8, 4) is 0 Å².